The van der Waals surface area contributed by atoms with Crippen molar-refractivity contribution >= 4 is 17.5 Å². The molecule has 5 heteroatoms. The van der Waals surface area contributed by atoms with Crippen LogP contribution in [0, 0.1) is 6.92 Å². The normalized spacial score (nSPS) is 10.2. The number of hydrogen-bond acceptors (Lipinski definition) is 5. The lowest BCUT2D eigenvalue weighted by Gasteiger charge is -2.22. The van der Waals surface area contributed by atoms with Gasteiger partial charge >= 0.3 is 0 Å². The van der Waals surface area contributed by atoms with Gasteiger partial charge in [-0.05, 0) is 20.8 Å². The van der Waals surface area contributed by atoms with Gasteiger partial charge in [-0.2, -0.15) is 4.98 Å². The van der Waals surface area contributed by atoms with Crippen LogP contribution in [0.25, 0.3) is 0 Å². The summed E-state index contributed by atoms with van der Waals surface area (Å²) in [6, 6.07) is 0. The molecule has 0 atom stereocenters. The van der Waals surface area contributed by atoms with Gasteiger partial charge in [-0.1, -0.05) is 0 Å². The minimum absolute atomic E-state index is 0.276. The predicted molar refractivity (Wildman–Crippen MR) is 59.2 cm³/mol. The van der Waals surface area contributed by atoms with Crippen molar-refractivity contribution in [1.29, 1.82) is 0 Å². The molecule has 14 heavy (non-hydrogen) atoms. The van der Waals surface area contributed by atoms with Gasteiger partial charge in [0.25, 0.3) is 0 Å². The van der Waals surface area contributed by atoms with E-state index in [0.717, 1.165) is 24.6 Å². The minimum atomic E-state index is 0.276. The van der Waals surface area contributed by atoms with E-state index in [4.69, 9.17) is 11.5 Å². The van der Waals surface area contributed by atoms with Gasteiger partial charge in [-0.15, -0.1) is 0 Å². The lowest BCUT2D eigenvalue weighted by Crippen LogP contribution is -2.25. The maximum atomic E-state index is 5.88. The van der Waals surface area contributed by atoms with Gasteiger partial charge in [0.05, 0.1) is 11.4 Å². The van der Waals surface area contributed by atoms with Crippen molar-refractivity contribution in [3.05, 3.63) is 5.69 Å². The topological polar surface area (TPSA) is 81.1 Å². The van der Waals surface area contributed by atoms with Crippen LogP contribution in [0.4, 0.5) is 17.5 Å². The van der Waals surface area contributed by atoms with Gasteiger partial charge in [0.1, 0.15) is 0 Å². The highest BCUT2D eigenvalue weighted by Crippen LogP contribution is 2.23. The molecule has 0 spiro atoms. The van der Waals surface area contributed by atoms with Crippen LogP contribution < -0.4 is 16.4 Å². The third-order valence-electron chi connectivity index (χ3n) is 2.20. The van der Waals surface area contributed by atoms with Gasteiger partial charge in [0, 0.05) is 13.1 Å². The molecule has 4 N–H and O–H groups in total. The second-order valence-electron chi connectivity index (χ2n) is 3.08. The van der Waals surface area contributed by atoms with Crippen LogP contribution >= 0.6 is 0 Å². The van der Waals surface area contributed by atoms with Crippen molar-refractivity contribution in [3.8, 4) is 0 Å². The fourth-order valence-electron chi connectivity index (χ4n) is 1.35. The Morgan fingerprint density at radius 3 is 2.21 bits per heavy atom. The van der Waals surface area contributed by atoms with E-state index in [9.17, 15) is 0 Å². The largest absolute Gasteiger partial charge is 0.394 e. The highest BCUT2D eigenvalue weighted by molar-refractivity contribution is 5.66. The molecule has 0 fully saturated rings. The first-order valence-electron chi connectivity index (χ1n) is 4.74. The summed E-state index contributed by atoms with van der Waals surface area (Å²) >= 11 is 0. The quantitative estimate of drug-likeness (QED) is 0.745. The summed E-state index contributed by atoms with van der Waals surface area (Å²) in [5, 5.41) is 0. The SMILES string of the molecule is CCN(CC)c1nc(N)nc(C)c1N. The third kappa shape index (κ3) is 1.86. The third-order valence-corrected chi connectivity index (χ3v) is 2.20. The average molecular weight is 195 g/mol. The summed E-state index contributed by atoms with van der Waals surface area (Å²) in [7, 11) is 0. The molecule has 1 rings (SSSR count). The molecule has 5 nitrogen and oxygen atoms in total. The molecule has 0 saturated carbocycles. The maximum Gasteiger partial charge on any atom is 0.222 e. The lowest BCUT2D eigenvalue weighted by atomic mass is 10.3. The van der Waals surface area contributed by atoms with Crippen LogP contribution in [0.15, 0.2) is 0 Å². The van der Waals surface area contributed by atoms with Crippen LogP contribution in [0.3, 0.4) is 0 Å². The van der Waals surface area contributed by atoms with Gasteiger partial charge in [0.2, 0.25) is 5.95 Å². The molecule has 78 valence electrons. The Labute approximate surface area is 84.1 Å². The van der Waals surface area contributed by atoms with Crippen molar-refractivity contribution in [2.45, 2.75) is 20.8 Å². The summed E-state index contributed by atoms with van der Waals surface area (Å²) < 4.78 is 0. The van der Waals surface area contributed by atoms with Crippen molar-refractivity contribution in [3.63, 3.8) is 0 Å². The molecular formula is C9H17N5. The number of nitrogens with zero attached hydrogens (tertiary/aromatic N) is 3. The molecule has 1 aromatic rings. The van der Waals surface area contributed by atoms with Gasteiger partial charge in [-0.25, -0.2) is 4.98 Å². The first kappa shape index (κ1) is 10.6. The van der Waals surface area contributed by atoms with E-state index in [1.807, 2.05) is 6.92 Å². The highest BCUT2D eigenvalue weighted by atomic mass is 15.2. The maximum absolute atomic E-state index is 5.88. The molecule has 0 radical (unpaired) electrons. The zero-order valence-corrected chi connectivity index (χ0v) is 8.91. The standard InChI is InChI=1S/C9H17N5/c1-4-14(5-2)8-7(10)6(3)12-9(11)13-8/h4-5,10H2,1-3H3,(H2,11,12,13). The van der Waals surface area contributed by atoms with Crippen LogP contribution in [0.5, 0.6) is 0 Å². The number of rotatable bonds is 3. The Morgan fingerprint density at radius 2 is 1.71 bits per heavy atom. The van der Waals surface area contributed by atoms with Crippen LogP contribution in [-0.2, 0) is 0 Å². The van der Waals surface area contributed by atoms with Crippen molar-refractivity contribution in [1.82, 2.24) is 9.97 Å². The van der Waals surface area contributed by atoms with Gasteiger partial charge < -0.3 is 16.4 Å². The predicted octanol–water partition coefficient (Wildman–Crippen LogP) is 0.796. The van der Waals surface area contributed by atoms with E-state index in [-0.39, 0.29) is 5.95 Å². The number of aryl methyl sites for hydroxylation is 1. The summed E-state index contributed by atoms with van der Waals surface area (Å²) in [4.78, 5) is 10.2. The number of nitrogen functional groups attached to an aromatic ring is 2. The molecule has 0 aliphatic heterocycles. The van der Waals surface area contributed by atoms with E-state index in [0.29, 0.717) is 5.69 Å². The first-order chi connectivity index (χ1) is 6.60. The molecule has 0 saturated heterocycles. The molecule has 0 amide bonds. The van der Waals surface area contributed by atoms with Crippen molar-refractivity contribution < 1.29 is 0 Å². The number of aromatic nitrogens is 2. The van der Waals surface area contributed by atoms with E-state index in [1.54, 1.807) is 0 Å². The molecule has 0 aliphatic rings. The minimum Gasteiger partial charge on any atom is -0.394 e. The fourth-order valence-corrected chi connectivity index (χ4v) is 1.35. The smallest absolute Gasteiger partial charge is 0.222 e. The first-order valence-corrected chi connectivity index (χ1v) is 4.74. The molecule has 0 unspecified atom stereocenters. The fraction of sp³-hybridized carbons (Fsp3) is 0.556. The zero-order chi connectivity index (χ0) is 10.7. The van der Waals surface area contributed by atoms with Crippen LogP contribution in [-0.4, -0.2) is 23.1 Å². The number of hydrogen-bond donors (Lipinski definition) is 2. The lowest BCUT2D eigenvalue weighted by molar-refractivity contribution is 0.843. The molecular weight excluding hydrogens is 178 g/mol. The van der Waals surface area contributed by atoms with Crippen molar-refractivity contribution in [2.24, 2.45) is 0 Å². The summed E-state index contributed by atoms with van der Waals surface area (Å²) in [5.74, 6) is 1.01. The molecule has 0 bridgehead atoms. The Kier molecular flexibility index (Phi) is 3.11. The Balaban J connectivity index is 3.18. The van der Waals surface area contributed by atoms with E-state index >= 15 is 0 Å². The van der Waals surface area contributed by atoms with Crippen LogP contribution in [0.1, 0.15) is 19.5 Å². The van der Waals surface area contributed by atoms with Gasteiger partial charge in [0.15, 0.2) is 5.82 Å². The van der Waals surface area contributed by atoms with E-state index in [2.05, 4.69) is 28.7 Å². The molecule has 0 aromatic carbocycles. The average Bonchev–Trinajstić information content (AvgIpc) is 2.15. The summed E-state index contributed by atoms with van der Waals surface area (Å²) in [5.41, 5.74) is 12.8. The van der Waals surface area contributed by atoms with E-state index in [1.165, 1.54) is 0 Å². The highest BCUT2D eigenvalue weighted by Gasteiger charge is 2.11. The molecule has 0 aliphatic carbocycles. The second kappa shape index (κ2) is 4.13. The zero-order valence-electron chi connectivity index (χ0n) is 8.91. The Hall–Kier alpha value is -1.52. The van der Waals surface area contributed by atoms with Crippen LogP contribution in [0.2, 0.25) is 0 Å². The summed E-state index contributed by atoms with van der Waals surface area (Å²) in [6.07, 6.45) is 0. The Bertz CT molecular complexity index is 319. The number of nitrogens with two attached hydrogens (primary N) is 2. The Morgan fingerprint density at radius 1 is 1.14 bits per heavy atom. The molecule has 1 heterocycles. The molecule has 1 aromatic heterocycles. The van der Waals surface area contributed by atoms with Gasteiger partial charge in [-0.3, -0.25) is 0 Å². The van der Waals surface area contributed by atoms with E-state index < -0.39 is 0 Å². The second-order valence-corrected chi connectivity index (χ2v) is 3.08. The summed E-state index contributed by atoms with van der Waals surface area (Å²) in [6.45, 7) is 7.65. The monoisotopic (exact) mass is 195 g/mol. The number of anilines is 3. The van der Waals surface area contributed by atoms with Crippen molar-refractivity contribution in [2.75, 3.05) is 29.5 Å².